The highest BCUT2D eigenvalue weighted by molar-refractivity contribution is 5.79. The Bertz CT molecular complexity index is 928. The van der Waals surface area contributed by atoms with Crippen molar-refractivity contribution in [1.29, 1.82) is 0 Å². The lowest BCUT2D eigenvalue weighted by Gasteiger charge is -2.45. The number of carbonyl (C=O) groups is 2. The van der Waals surface area contributed by atoms with Gasteiger partial charge in [-0.15, -0.1) is 0 Å². The molecule has 3 atom stereocenters. The summed E-state index contributed by atoms with van der Waals surface area (Å²) in [6.45, 7) is 1.54. The van der Waals surface area contributed by atoms with E-state index in [1.807, 2.05) is 24.3 Å². The van der Waals surface area contributed by atoms with E-state index >= 15 is 0 Å². The number of likely N-dealkylation sites (tertiary alicyclic amines) is 1. The first-order valence-electron chi connectivity index (χ1n) is 10.6. The van der Waals surface area contributed by atoms with E-state index in [1.54, 1.807) is 4.90 Å². The van der Waals surface area contributed by atoms with Crippen LogP contribution in [-0.4, -0.2) is 54.5 Å². The summed E-state index contributed by atoms with van der Waals surface area (Å²) in [6.07, 6.45) is 0.855. The fourth-order valence-corrected chi connectivity index (χ4v) is 5.30. The quantitative estimate of drug-likeness (QED) is 0.839. The number of fused-ring (bicyclic) bond motifs is 4. The van der Waals surface area contributed by atoms with Gasteiger partial charge in [0.2, 0.25) is 0 Å². The lowest BCUT2D eigenvalue weighted by atomic mass is 9.81. The number of hydrogen-bond acceptors (Lipinski definition) is 4. The number of carboxylic acid groups (broad SMARTS) is 1. The average Bonchev–Trinajstić information content (AvgIpc) is 3.10. The van der Waals surface area contributed by atoms with Crippen molar-refractivity contribution in [3.8, 4) is 11.1 Å². The number of hydrogen-bond donors (Lipinski definition) is 1. The molecule has 6 nitrogen and oxygen atoms in total. The number of rotatable bonds is 3. The molecule has 0 bridgehead atoms. The monoisotopic (exact) mass is 407 g/mol. The Kier molecular flexibility index (Phi) is 4.95. The molecular weight excluding hydrogens is 382 g/mol. The van der Waals surface area contributed by atoms with Crippen molar-refractivity contribution in [2.75, 3.05) is 26.4 Å². The van der Waals surface area contributed by atoms with Gasteiger partial charge in [0, 0.05) is 31.0 Å². The number of ether oxygens (including phenoxy) is 2. The molecule has 0 saturated carbocycles. The van der Waals surface area contributed by atoms with Crippen LogP contribution in [-0.2, 0) is 14.3 Å². The summed E-state index contributed by atoms with van der Waals surface area (Å²) < 4.78 is 11.4. The first-order chi connectivity index (χ1) is 14.6. The molecule has 2 aromatic carbocycles. The van der Waals surface area contributed by atoms with Crippen LogP contribution in [0.2, 0.25) is 0 Å². The molecule has 0 radical (unpaired) electrons. The summed E-state index contributed by atoms with van der Waals surface area (Å²) in [5.74, 6) is -1.40. The van der Waals surface area contributed by atoms with E-state index in [-0.39, 0.29) is 31.0 Å². The molecule has 2 fully saturated rings. The summed E-state index contributed by atoms with van der Waals surface area (Å²) in [5.41, 5.74) is 4.69. The van der Waals surface area contributed by atoms with Gasteiger partial charge in [0.1, 0.15) is 6.61 Å². The van der Waals surface area contributed by atoms with Crippen LogP contribution in [0.3, 0.4) is 0 Å². The topological polar surface area (TPSA) is 76.1 Å². The number of carbonyl (C=O) groups excluding carboxylic acids is 1. The molecule has 0 spiro atoms. The zero-order chi connectivity index (χ0) is 20.7. The van der Waals surface area contributed by atoms with E-state index < -0.39 is 18.0 Å². The average molecular weight is 407 g/mol. The van der Waals surface area contributed by atoms with Crippen LogP contribution in [0.15, 0.2) is 48.5 Å². The largest absolute Gasteiger partial charge is 0.481 e. The second-order valence-electron chi connectivity index (χ2n) is 8.42. The first-order valence-corrected chi connectivity index (χ1v) is 10.6. The maximum Gasteiger partial charge on any atom is 0.410 e. The van der Waals surface area contributed by atoms with Crippen LogP contribution >= 0.6 is 0 Å². The van der Waals surface area contributed by atoms with Gasteiger partial charge in [-0.3, -0.25) is 4.79 Å². The lowest BCUT2D eigenvalue weighted by Crippen LogP contribution is -2.56. The van der Waals surface area contributed by atoms with E-state index in [4.69, 9.17) is 9.47 Å². The number of benzene rings is 2. The fraction of sp³-hybridized carbons (Fsp3) is 0.417. The molecule has 2 saturated heterocycles. The normalized spacial score (nSPS) is 25.2. The number of carboxylic acids is 1. The molecule has 30 heavy (non-hydrogen) atoms. The molecule has 2 aromatic rings. The minimum absolute atomic E-state index is 0.00750. The maximum atomic E-state index is 13.1. The van der Waals surface area contributed by atoms with E-state index in [0.29, 0.717) is 19.6 Å². The van der Waals surface area contributed by atoms with Crippen LogP contribution in [0.25, 0.3) is 11.1 Å². The zero-order valence-corrected chi connectivity index (χ0v) is 16.7. The van der Waals surface area contributed by atoms with Crippen LogP contribution < -0.4 is 0 Å². The van der Waals surface area contributed by atoms with Gasteiger partial charge in [0.15, 0.2) is 0 Å². The van der Waals surface area contributed by atoms with Crippen molar-refractivity contribution in [2.45, 2.75) is 24.8 Å². The number of piperidine rings is 1. The highest BCUT2D eigenvalue weighted by Crippen LogP contribution is 2.44. The molecule has 1 amide bonds. The predicted molar refractivity (Wildman–Crippen MR) is 110 cm³/mol. The van der Waals surface area contributed by atoms with Gasteiger partial charge in [0.05, 0.1) is 12.5 Å². The van der Waals surface area contributed by atoms with Crippen molar-refractivity contribution >= 4 is 12.1 Å². The van der Waals surface area contributed by atoms with Gasteiger partial charge in [0.25, 0.3) is 0 Å². The fourth-order valence-electron chi connectivity index (χ4n) is 5.30. The molecular formula is C24H25NO5. The molecule has 0 unspecified atom stereocenters. The van der Waals surface area contributed by atoms with Gasteiger partial charge in [-0.2, -0.15) is 0 Å². The highest BCUT2D eigenvalue weighted by atomic mass is 16.6. The van der Waals surface area contributed by atoms with Crippen molar-refractivity contribution in [3.63, 3.8) is 0 Å². The summed E-state index contributed by atoms with van der Waals surface area (Å²) in [5, 5.41) is 9.53. The van der Waals surface area contributed by atoms with Crippen LogP contribution in [0, 0.1) is 11.8 Å². The molecule has 156 valence electrons. The van der Waals surface area contributed by atoms with Gasteiger partial charge in [-0.05, 0) is 35.1 Å². The zero-order valence-electron chi connectivity index (χ0n) is 16.7. The second kappa shape index (κ2) is 7.76. The Labute approximate surface area is 175 Å². The first kappa shape index (κ1) is 19.1. The van der Waals surface area contributed by atoms with Crippen molar-refractivity contribution in [1.82, 2.24) is 4.90 Å². The van der Waals surface area contributed by atoms with Gasteiger partial charge in [-0.1, -0.05) is 48.5 Å². The van der Waals surface area contributed by atoms with Gasteiger partial charge >= 0.3 is 12.1 Å². The smallest absolute Gasteiger partial charge is 0.410 e. The Morgan fingerprint density at radius 3 is 2.40 bits per heavy atom. The number of amides is 1. The minimum Gasteiger partial charge on any atom is -0.481 e. The maximum absolute atomic E-state index is 13.1. The molecule has 3 aliphatic rings. The van der Waals surface area contributed by atoms with Crippen LogP contribution in [0.4, 0.5) is 4.79 Å². The molecule has 2 heterocycles. The number of aliphatic carboxylic acids is 1. The Morgan fingerprint density at radius 2 is 1.73 bits per heavy atom. The third-order valence-electron chi connectivity index (χ3n) is 6.76. The Hall–Kier alpha value is -2.86. The summed E-state index contributed by atoms with van der Waals surface area (Å²) in [7, 11) is 0. The van der Waals surface area contributed by atoms with Gasteiger partial charge in [-0.25, -0.2) is 4.79 Å². The summed E-state index contributed by atoms with van der Waals surface area (Å²) in [4.78, 5) is 26.3. The second-order valence-corrected chi connectivity index (χ2v) is 8.42. The Morgan fingerprint density at radius 1 is 1.07 bits per heavy atom. The molecule has 2 aliphatic heterocycles. The molecule has 6 heteroatoms. The van der Waals surface area contributed by atoms with Crippen molar-refractivity contribution in [3.05, 3.63) is 59.7 Å². The minimum atomic E-state index is -0.865. The third-order valence-corrected chi connectivity index (χ3v) is 6.76. The van der Waals surface area contributed by atoms with Crippen LogP contribution in [0.5, 0.6) is 0 Å². The van der Waals surface area contributed by atoms with E-state index in [1.165, 1.54) is 11.1 Å². The molecule has 1 N–H and O–H groups in total. The lowest BCUT2D eigenvalue weighted by molar-refractivity contribution is -0.147. The number of nitrogens with zero attached hydrogens (tertiary/aromatic N) is 1. The molecule has 1 aliphatic carbocycles. The van der Waals surface area contributed by atoms with Crippen molar-refractivity contribution < 1.29 is 24.2 Å². The molecule has 5 rings (SSSR count). The van der Waals surface area contributed by atoms with E-state index in [9.17, 15) is 14.7 Å². The predicted octanol–water partition coefficient (Wildman–Crippen LogP) is 3.75. The standard InChI is InChI=1S/C24H25NO5/c26-23(27)15-11-16-13-29-10-9-22(16)25(12-15)24(28)30-14-21-19-7-3-1-5-17(19)18-6-2-4-8-20(18)21/h1-8,15-16,21-22H,9-14H2,(H,26,27)/t15-,16-,22-/m0/s1. The SMILES string of the molecule is O=C(O)[C@H]1C[C@H]2COCC[C@@H]2N(C(=O)OCC2c3ccccc3-c3ccccc32)C1. The third kappa shape index (κ3) is 3.25. The summed E-state index contributed by atoms with van der Waals surface area (Å²) >= 11 is 0. The summed E-state index contributed by atoms with van der Waals surface area (Å²) in [6, 6.07) is 16.4. The van der Waals surface area contributed by atoms with E-state index in [2.05, 4.69) is 24.3 Å². The van der Waals surface area contributed by atoms with Crippen molar-refractivity contribution in [2.24, 2.45) is 11.8 Å². The van der Waals surface area contributed by atoms with E-state index in [0.717, 1.165) is 17.5 Å². The Balaban J connectivity index is 1.35. The van der Waals surface area contributed by atoms with Gasteiger partial charge < -0.3 is 19.5 Å². The molecule has 0 aromatic heterocycles. The van der Waals surface area contributed by atoms with Crippen LogP contribution in [0.1, 0.15) is 29.9 Å². The highest BCUT2D eigenvalue weighted by Gasteiger charge is 2.43.